The second-order valence-corrected chi connectivity index (χ2v) is 4.89. The van der Waals surface area contributed by atoms with Crippen LogP contribution in [0, 0.1) is 0 Å². The van der Waals surface area contributed by atoms with Crippen LogP contribution in [0.3, 0.4) is 0 Å². The van der Waals surface area contributed by atoms with Crippen molar-refractivity contribution in [2.45, 2.75) is 38.3 Å². The second kappa shape index (κ2) is 6.20. The van der Waals surface area contributed by atoms with Gasteiger partial charge in [-0.1, -0.05) is 12.8 Å². The normalized spacial score (nSPS) is 17.3. The largest absolute Gasteiger partial charge is 0.377 e. The standard InChI is InChI=1S/C11H18N2OS/c1-2-4-10(3-1)14-6-5-12-7-11-8-13-9-15-11/h8-10,12H,1-7H2. The molecule has 0 unspecified atom stereocenters. The van der Waals surface area contributed by atoms with Gasteiger partial charge in [0.2, 0.25) is 0 Å². The first-order valence-corrected chi connectivity index (χ1v) is 6.53. The molecule has 1 heterocycles. The number of thiazole rings is 1. The van der Waals surface area contributed by atoms with E-state index in [1.165, 1.54) is 30.6 Å². The first kappa shape index (κ1) is 11.0. The Morgan fingerprint density at radius 3 is 3.07 bits per heavy atom. The minimum atomic E-state index is 0.537. The van der Waals surface area contributed by atoms with Crippen LogP contribution in [0.4, 0.5) is 0 Å². The van der Waals surface area contributed by atoms with Gasteiger partial charge in [-0.25, -0.2) is 0 Å². The van der Waals surface area contributed by atoms with E-state index in [1.807, 2.05) is 11.7 Å². The highest BCUT2D eigenvalue weighted by atomic mass is 32.1. The molecule has 0 bridgehead atoms. The van der Waals surface area contributed by atoms with Crippen LogP contribution in [-0.4, -0.2) is 24.2 Å². The van der Waals surface area contributed by atoms with Crippen molar-refractivity contribution in [3.63, 3.8) is 0 Å². The minimum absolute atomic E-state index is 0.537. The quantitative estimate of drug-likeness (QED) is 0.755. The maximum absolute atomic E-state index is 5.75. The highest BCUT2D eigenvalue weighted by molar-refractivity contribution is 7.09. The molecule has 1 aromatic heterocycles. The molecule has 84 valence electrons. The predicted molar refractivity (Wildman–Crippen MR) is 62.0 cm³/mol. The predicted octanol–water partition coefficient (Wildman–Crippen LogP) is 2.19. The van der Waals surface area contributed by atoms with E-state index < -0.39 is 0 Å². The van der Waals surface area contributed by atoms with Crippen LogP contribution < -0.4 is 5.32 Å². The number of aromatic nitrogens is 1. The van der Waals surface area contributed by atoms with E-state index in [-0.39, 0.29) is 0 Å². The Morgan fingerprint density at radius 1 is 1.47 bits per heavy atom. The summed E-state index contributed by atoms with van der Waals surface area (Å²) in [4.78, 5) is 5.32. The van der Waals surface area contributed by atoms with E-state index >= 15 is 0 Å². The lowest BCUT2D eigenvalue weighted by molar-refractivity contribution is 0.0603. The molecule has 1 aliphatic rings. The van der Waals surface area contributed by atoms with Crippen LogP contribution >= 0.6 is 11.3 Å². The number of nitrogens with zero attached hydrogens (tertiary/aromatic N) is 1. The summed E-state index contributed by atoms with van der Waals surface area (Å²) in [5, 5.41) is 3.36. The number of nitrogens with one attached hydrogen (secondary N) is 1. The van der Waals surface area contributed by atoms with Crippen molar-refractivity contribution in [3.8, 4) is 0 Å². The summed E-state index contributed by atoms with van der Waals surface area (Å²) in [5.41, 5.74) is 1.87. The highest BCUT2D eigenvalue weighted by Crippen LogP contribution is 2.20. The summed E-state index contributed by atoms with van der Waals surface area (Å²) in [6.45, 7) is 2.69. The lowest BCUT2D eigenvalue weighted by Crippen LogP contribution is -2.21. The molecule has 1 aromatic rings. The highest BCUT2D eigenvalue weighted by Gasteiger charge is 2.14. The molecule has 1 aliphatic carbocycles. The van der Waals surface area contributed by atoms with Gasteiger partial charge in [0.05, 0.1) is 18.2 Å². The second-order valence-electron chi connectivity index (χ2n) is 3.92. The Kier molecular flexibility index (Phi) is 4.57. The van der Waals surface area contributed by atoms with Crippen molar-refractivity contribution < 1.29 is 4.74 Å². The van der Waals surface area contributed by atoms with Gasteiger partial charge in [0.25, 0.3) is 0 Å². The van der Waals surface area contributed by atoms with Gasteiger partial charge in [0.1, 0.15) is 0 Å². The van der Waals surface area contributed by atoms with Gasteiger partial charge in [-0.2, -0.15) is 0 Å². The number of hydrogen-bond donors (Lipinski definition) is 1. The van der Waals surface area contributed by atoms with Gasteiger partial charge in [0.15, 0.2) is 0 Å². The summed E-state index contributed by atoms with van der Waals surface area (Å²) < 4.78 is 5.75. The lowest BCUT2D eigenvalue weighted by Gasteiger charge is -2.10. The summed E-state index contributed by atoms with van der Waals surface area (Å²) in [6, 6.07) is 0. The number of hydrogen-bond acceptors (Lipinski definition) is 4. The monoisotopic (exact) mass is 226 g/mol. The molecule has 0 radical (unpaired) electrons. The van der Waals surface area contributed by atoms with E-state index in [1.54, 1.807) is 11.3 Å². The summed E-state index contributed by atoms with van der Waals surface area (Å²) in [7, 11) is 0. The maximum atomic E-state index is 5.75. The zero-order valence-corrected chi connectivity index (χ0v) is 9.76. The van der Waals surface area contributed by atoms with Gasteiger partial charge in [-0.05, 0) is 12.8 Å². The molecule has 0 aromatic carbocycles. The number of rotatable bonds is 6. The van der Waals surface area contributed by atoms with Gasteiger partial charge in [-0.3, -0.25) is 4.98 Å². The zero-order valence-electron chi connectivity index (χ0n) is 8.95. The van der Waals surface area contributed by atoms with E-state index in [0.29, 0.717) is 6.10 Å². The van der Waals surface area contributed by atoms with Crippen molar-refractivity contribution in [2.24, 2.45) is 0 Å². The summed E-state index contributed by atoms with van der Waals surface area (Å²) >= 11 is 1.69. The molecule has 1 saturated carbocycles. The number of ether oxygens (including phenoxy) is 1. The maximum Gasteiger partial charge on any atom is 0.0794 e. The van der Waals surface area contributed by atoms with Crippen LogP contribution in [0.25, 0.3) is 0 Å². The Bertz CT molecular complexity index is 258. The molecular weight excluding hydrogens is 208 g/mol. The van der Waals surface area contributed by atoms with Crippen molar-refractivity contribution in [1.82, 2.24) is 10.3 Å². The average molecular weight is 226 g/mol. The van der Waals surface area contributed by atoms with E-state index in [4.69, 9.17) is 4.74 Å². The molecule has 15 heavy (non-hydrogen) atoms. The van der Waals surface area contributed by atoms with Gasteiger partial charge in [-0.15, -0.1) is 11.3 Å². The van der Waals surface area contributed by atoms with E-state index in [9.17, 15) is 0 Å². The fourth-order valence-electron chi connectivity index (χ4n) is 1.89. The molecule has 3 nitrogen and oxygen atoms in total. The van der Waals surface area contributed by atoms with Crippen LogP contribution in [0.5, 0.6) is 0 Å². The fourth-order valence-corrected chi connectivity index (χ4v) is 2.46. The molecule has 1 N–H and O–H groups in total. The molecule has 0 amide bonds. The molecule has 0 aliphatic heterocycles. The molecular formula is C11H18N2OS. The van der Waals surface area contributed by atoms with Gasteiger partial charge in [0, 0.05) is 24.2 Å². The van der Waals surface area contributed by atoms with Crippen molar-refractivity contribution >= 4 is 11.3 Å². The third-order valence-corrected chi connectivity index (χ3v) is 3.50. The smallest absolute Gasteiger partial charge is 0.0794 e. The van der Waals surface area contributed by atoms with Crippen LogP contribution in [0.15, 0.2) is 11.7 Å². The third-order valence-electron chi connectivity index (χ3n) is 2.72. The van der Waals surface area contributed by atoms with Gasteiger partial charge >= 0.3 is 0 Å². The Balaban J connectivity index is 1.48. The van der Waals surface area contributed by atoms with Crippen LogP contribution in [0.2, 0.25) is 0 Å². The van der Waals surface area contributed by atoms with Crippen molar-refractivity contribution in [2.75, 3.05) is 13.2 Å². The Morgan fingerprint density at radius 2 is 2.33 bits per heavy atom. The molecule has 2 rings (SSSR count). The fraction of sp³-hybridized carbons (Fsp3) is 0.727. The SMILES string of the molecule is c1ncc(CNCCOC2CCCC2)s1. The molecule has 0 spiro atoms. The lowest BCUT2D eigenvalue weighted by atomic mass is 10.3. The zero-order chi connectivity index (χ0) is 10.3. The Labute approximate surface area is 94.9 Å². The average Bonchev–Trinajstić information content (AvgIpc) is 2.88. The molecule has 0 atom stereocenters. The molecule has 1 fully saturated rings. The summed E-state index contributed by atoms with van der Waals surface area (Å²) in [6.07, 6.45) is 7.66. The first-order chi connectivity index (χ1) is 7.45. The van der Waals surface area contributed by atoms with Crippen LogP contribution in [0.1, 0.15) is 30.6 Å². The van der Waals surface area contributed by atoms with Crippen molar-refractivity contribution in [3.05, 3.63) is 16.6 Å². The van der Waals surface area contributed by atoms with Crippen LogP contribution in [-0.2, 0) is 11.3 Å². The molecule has 4 heteroatoms. The topological polar surface area (TPSA) is 34.2 Å². The third kappa shape index (κ3) is 3.89. The Hall–Kier alpha value is -0.450. The van der Waals surface area contributed by atoms with Crippen molar-refractivity contribution in [1.29, 1.82) is 0 Å². The van der Waals surface area contributed by atoms with E-state index in [2.05, 4.69) is 10.3 Å². The van der Waals surface area contributed by atoms with E-state index in [0.717, 1.165) is 19.7 Å². The minimum Gasteiger partial charge on any atom is -0.377 e. The molecule has 0 saturated heterocycles. The summed E-state index contributed by atoms with van der Waals surface area (Å²) in [5.74, 6) is 0. The first-order valence-electron chi connectivity index (χ1n) is 5.65. The van der Waals surface area contributed by atoms with Gasteiger partial charge < -0.3 is 10.1 Å².